The van der Waals surface area contributed by atoms with Crippen LogP contribution in [0.3, 0.4) is 0 Å². The summed E-state index contributed by atoms with van der Waals surface area (Å²) in [5.41, 5.74) is 0.490. The number of hydrogen-bond acceptors (Lipinski definition) is 6. The van der Waals surface area contributed by atoms with Crippen molar-refractivity contribution in [3.8, 4) is 0 Å². The molecule has 1 heterocycles. The van der Waals surface area contributed by atoms with Gasteiger partial charge >= 0.3 is 0 Å². The minimum Gasteiger partial charge on any atom is -0.375 e. The first-order valence-corrected chi connectivity index (χ1v) is 5.63. The predicted octanol–water partition coefficient (Wildman–Crippen LogP) is 2.51. The molecule has 0 aliphatic rings. The molecule has 0 radical (unpaired) electrons. The van der Waals surface area contributed by atoms with Crippen LogP contribution < -0.4 is 5.32 Å². The van der Waals surface area contributed by atoms with Crippen molar-refractivity contribution >= 4 is 17.1 Å². The average molecular weight is 274 g/mol. The number of nitro groups is 2. The summed E-state index contributed by atoms with van der Waals surface area (Å²) in [6.45, 7) is 0.362. The van der Waals surface area contributed by atoms with Crippen LogP contribution in [-0.2, 0) is 6.54 Å². The summed E-state index contributed by atoms with van der Waals surface area (Å²) >= 11 is 0. The zero-order valence-corrected chi connectivity index (χ0v) is 10.2. The normalized spacial score (nSPS) is 10.0. The van der Waals surface area contributed by atoms with Crippen molar-refractivity contribution in [3.63, 3.8) is 0 Å². The van der Waals surface area contributed by atoms with Crippen LogP contribution in [0.5, 0.6) is 0 Å². The molecule has 102 valence electrons. The summed E-state index contributed by atoms with van der Waals surface area (Å²) in [6.07, 6.45) is 3.22. The van der Waals surface area contributed by atoms with Gasteiger partial charge in [-0.15, -0.1) is 0 Å². The van der Waals surface area contributed by atoms with Crippen LogP contribution in [0.25, 0.3) is 0 Å². The van der Waals surface area contributed by atoms with E-state index >= 15 is 0 Å². The molecule has 0 aliphatic heterocycles. The summed E-state index contributed by atoms with van der Waals surface area (Å²) in [7, 11) is 0. The molecule has 8 heteroatoms. The van der Waals surface area contributed by atoms with Crippen LogP contribution in [0.15, 0.2) is 42.7 Å². The lowest BCUT2D eigenvalue weighted by atomic mass is 10.2. The Morgan fingerprint density at radius 2 is 1.75 bits per heavy atom. The second-order valence-corrected chi connectivity index (χ2v) is 3.92. The fraction of sp³-hybridized carbons (Fsp3) is 0.0833. The number of hydrogen-bond donors (Lipinski definition) is 1. The van der Waals surface area contributed by atoms with E-state index in [-0.39, 0.29) is 17.1 Å². The number of anilines is 1. The molecule has 1 aromatic heterocycles. The molecule has 0 saturated heterocycles. The number of pyridine rings is 1. The summed E-state index contributed by atoms with van der Waals surface area (Å²) in [4.78, 5) is 24.1. The van der Waals surface area contributed by atoms with E-state index < -0.39 is 9.85 Å². The standard InChI is InChI=1S/C12H10N4O4/c17-15(18)10-1-2-11(12(7-10)16(19)20)14-8-9-3-5-13-6-4-9/h1-7,14H,8H2. The van der Waals surface area contributed by atoms with E-state index in [1.165, 1.54) is 12.1 Å². The molecule has 0 unspecified atom stereocenters. The smallest absolute Gasteiger partial charge is 0.299 e. The number of nitro benzene ring substituents is 2. The van der Waals surface area contributed by atoms with E-state index in [1.54, 1.807) is 24.5 Å². The lowest BCUT2D eigenvalue weighted by Gasteiger charge is -2.06. The monoisotopic (exact) mass is 274 g/mol. The number of nitrogens with zero attached hydrogens (tertiary/aromatic N) is 3. The van der Waals surface area contributed by atoms with Gasteiger partial charge in [0.05, 0.1) is 15.9 Å². The van der Waals surface area contributed by atoms with Gasteiger partial charge in [0.2, 0.25) is 0 Å². The summed E-state index contributed by atoms with van der Waals surface area (Å²) in [6, 6.07) is 7.03. The number of non-ortho nitro benzene ring substituents is 1. The molecule has 0 amide bonds. The maximum Gasteiger partial charge on any atom is 0.299 e. The first-order valence-electron chi connectivity index (χ1n) is 5.63. The molecule has 0 atom stereocenters. The van der Waals surface area contributed by atoms with Crippen molar-refractivity contribution in [1.29, 1.82) is 0 Å². The highest BCUT2D eigenvalue weighted by atomic mass is 16.6. The highest BCUT2D eigenvalue weighted by Gasteiger charge is 2.19. The van der Waals surface area contributed by atoms with Gasteiger partial charge in [-0.25, -0.2) is 0 Å². The quantitative estimate of drug-likeness (QED) is 0.662. The number of benzene rings is 1. The third kappa shape index (κ3) is 3.05. The number of rotatable bonds is 5. The fourth-order valence-corrected chi connectivity index (χ4v) is 1.63. The minimum atomic E-state index is -0.667. The van der Waals surface area contributed by atoms with E-state index in [4.69, 9.17) is 0 Å². The molecule has 8 nitrogen and oxygen atoms in total. The van der Waals surface area contributed by atoms with E-state index in [9.17, 15) is 20.2 Å². The van der Waals surface area contributed by atoms with E-state index in [2.05, 4.69) is 10.3 Å². The molecule has 0 aliphatic carbocycles. The molecular formula is C12H10N4O4. The van der Waals surface area contributed by atoms with Crippen LogP contribution in [0, 0.1) is 20.2 Å². The van der Waals surface area contributed by atoms with Crippen molar-refractivity contribution in [1.82, 2.24) is 4.98 Å². The summed E-state index contributed by atoms with van der Waals surface area (Å²) < 4.78 is 0. The topological polar surface area (TPSA) is 111 Å². The molecule has 20 heavy (non-hydrogen) atoms. The van der Waals surface area contributed by atoms with Gasteiger partial charge in [-0.05, 0) is 23.8 Å². The molecule has 0 saturated carbocycles. The highest BCUT2D eigenvalue weighted by Crippen LogP contribution is 2.29. The first kappa shape index (κ1) is 13.4. The highest BCUT2D eigenvalue weighted by molar-refractivity contribution is 5.65. The second-order valence-electron chi connectivity index (χ2n) is 3.92. The first-order chi connectivity index (χ1) is 9.58. The Balaban J connectivity index is 2.23. The van der Waals surface area contributed by atoms with Crippen LogP contribution >= 0.6 is 0 Å². The summed E-state index contributed by atoms with van der Waals surface area (Å²) in [5, 5.41) is 24.4. The van der Waals surface area contributed by atoms with Gasteiger partial charge in [0.1, 0.15) is 5.69 Å². The Morgan fingerprint density at radius 3 is 2.35 bits per heavy atom. The third-order valence-corrected chi connectivity index (χ3v) is 2.62. The molecule has 0 spiro atoms. The molecule has 1 aromatic carbocycles. The molecule has 0 fully saturated rings. The lowest BCUT2D eigenvalue weighted by Crippen LogP contribution is -2.03. The second kappa shape index (κ2) is 5.74. The maximum absolute atomic E-state index is 10.9. The average Bonchev–Trinajstić information content (AvgIpc) is 2.45. The Hall–Kier alpha value is -3.03. The van der Waals surface area contributed by atoms with Crippen molar-refractivity contribution in [2.45, 2.75) is 6.54 Å². The molecule has 2 aromatic rings. The van der Waals surface area contributed by atoms with Gasteiger partial charge in [-0.3, -0.25) is 25.2 Å². The van der Waals surface area contributed by atoms with Crippen molar-refractivity contribution < 1.29 is 9.85 Å². The zero-order valence-electron chi connectivity index (χ0n) is 10.2. The van der Waals surface area contributed by atoms with Gasteiger partial charge < -0.3 is 5.32 Å². The van der Waals surface area contributed by atoms with E-state index in [0.29, 0.717) is 6.54 Å². The Kier molecular flexibility index (Phi) is 3.85. The van der Waals surface area contributed by atoms with Gasteiger partial charge in [-0.1, -0.05) is 0 Å². The lowest BCUT2D eigenvalue weighted by molar-refractivity contribution is -0.393. The molecule has 2 rings (SSSR count). The van der Waals surface area contributed by atoms with Gasteiger partial charge in [0.15, 0.2) is 0 Å². The Labute approximate surface area is 113 Å². The summed E-state index contributed by atoms with van der Waals surface area (Å²) in [5.74, 6) is 0. The van der Waals surface area contributed by atoms with E-state index in [0.717, 1.165) is 11.6 Å². The van der Waals surface area contributed by atoms with Crippen LogP contribution in [0.2, 0.25) is 0 Å². The van der Waals surface area contributed by atoms with Gasteiger partial charge in [-0.2, -0.15) is 0 Å². The van der Waals surface area contributed by atoms with Crippen molar-refractivity contribution in [2.24, 2.45) is 0 Å². The zero-order chi connectivity index (χ0) is 14.5. The minimum absolute atomic E-state index is 0.234. The largest absolute Gasteiger partial charge is 0.375 e. The predicted molar refractivity (Wildman–Crippen MR) is 71.3 cm³/mol. The Bertz CT molecular complexity index is 645. The maximum atomic E-state index is 10.9. The van der Waals surface area contributed by atoms with Crippen LogP contribution in [0.1, 0.15) is 5.56 Å². The van der Waals surface area contributed by atoms with Crippen molar-refractivity contribution in [3.05, 3.63) is 68.5 Å². The van der Waals surface area contributed by atoms with Crippen LogP contribution in [0.4, 0.5) is 17.1 Å². The third-order valence-electron chi connectivity index (χ3n) is 2.62. The molecule has 1 N–H and O–H groups in total. The molecular weight excluding hydrogens is 264 g/mol. The van der Waals surface area contributed by atoms with Gasteiger partial charge in [0.25, 0.3) is 11.4 Å². The van der Waals surface area contributed by atoms with Crippen LogP contribution in [-0.4, -0.2) is 14.8 Å². The Morgan fingerprint density at radius 1 is 1.05 bits per heavy atom. The van der Waals surface area contributed by atoms with Crippen molar-refractivity contribution in [2.75, 3.05) is 5.32 Å². The number of aromatic nitrogens is 1. The fourth-order valence-electron chi connectivity index (χ4n) is 1.63. The van der Waals surface area contributed by atoms with Gasteiger partial charge in [0, 0.05) is 25.0 Å². The number of nitrogens with one attached hydrogen (secondary N) is 1. The SMILES string of the molecule is O=[N+]([O-])c1ccc(NCc2ccncc2)c([N+](=O)[O-])c1. The molecule has 0 bridgehead atoms. The van der Waals surface area contributed by atoms with E-state index in [1.807, 2.05) is 0 Å².